The van der Waals surface area contributed by atoms with Gasteiger partial charge in [0.05, 0.1) is 20.9 Å². The molecular weight excluding hydrogens is 250 g/mol. The van der Waals surface area contributed by atoms with E-state index in [4.69, 9.17) is 5.73 Å². The highest BCUT2D eigenvalue weighted by atomic mass is 32.1. The van der Waals surface area contributed by atoms with Crippen molar-refractivity contribution >= 4 is 38.0 Å². The third-order valence-electron chi connectivity index (χ3n) is 2.58. The Kier molecular flexibility index (Phi) is 2.38. The summed E-state index contributed by atoms with van der Waals surface area (Å²) in [6, 6.07) is 6.18. The fourth-order valence-electron chi connectivity index (χ4n) is 1.89. The van der Waals surface area contributed by atoms with Crippen molar-refractivity contribution in [2.24, 2.45) is 0 Å². The van der Waals surface area contributed by atoms with E-state index in [0.717, 1.165) is 26.5 Å². The number of benzene rings is 1. The average Bonchev–Trinajstić information content (AvgIpc) is 2.78. The van der Waals surface area contributed by atoms with E-state index in [1.165, 1.54) is 16.2 Å². The lowest BCUT2D eigenvalue weighted by molar-refractivity contribution is 1.29. The molecule has 0 spiro atoms. The molecular formula is C12H11N3S2. The van der Waals surface area contributed by atoms with Gasteiger partial charge in [-0.25, -0.2) is 9.97 Å². The fraction of sp³-hybridized carbons (Fsp3) is 0.167. The Balaban J connectivity index is 2.20. The number of fused-ring (bicyclic) bond motifs is 1. The van der Waals surface area contributed by atoms with Crippen molar-refractivity contribution in [1.82, 2.24) is 9.97 Å². The van der Waals surface area contributed by atoms with Gasteiger partial charge in [-0.1, -0.05) is 17.4 Å². The number of aromatic nitrogens is 2. The van der Waals surface area contributed by atoms with E-state index in [9.17, 15) is 0 Å². The molecule has 0 radical (unpaired) electrons. The Hall–Kier alpha value is -1.46. The van der Waals surface area contributed by atoms with E-state index < -0.39 is 0 Å². The maximum absolute atomic E-state index is 5.71. The Morgan fingerprint density at radius 3 is 2.65 bits per heavy atom. The van der Waals surface area contributed by atoms with Gasteiger partial charge in [0.25, 0.3) is 0 Å². The van der Waals surface area contributed by atoms with Crippen molar-refractivity contribution in [1.29, 1.82) is 0 Å². The molecule has 1 aromatic carbocycles. The number of hydrogen-bond acceptors (Lipinski definition) is 5. The lowest BCUT2D eigenvalue weighted by Gasteiger charge is -1.98. The van der Waals surface area contributed by atoms with Gasteiger partial charge in [-0.3, -0.25) is 0 Å². The molecule has 5 heteroatoms. The second-order valence-corrected chi connectivity index (χ2v) is 6.34. The minimum Gasteiger partial charge on any atom is -0.375 e. The van der Waals surface area contributed by atoms with E-state index >= 15 is 0 Å². The molecule has 17 heavy (non-hydrogen) atoms. The summed E-state index contributed by atoms with van der Waals surface area (Å²) in [5.41, 5.74) is 8.88. The van der Waals surface area contributed by atoms with E-state index in [2.05, 4.69) is 29.0 Å². The molecule has 0 fully saturated rings. The Morgan fingerprint density at radius 2 is 1.94 bits per heavy atom. The first kappa shape index (κ1) is 10.7. The molecule has 0 aliphatic rings. The average molecular weight is 261 g/mol. The third kappa shape index (κ3) is 1.81. The highest BCUT2D eigenvalue weighted by molar-refractivity contribution is 7.22. The van der Waals surface area contributed by atoms with Gasteiger partial charge in [0.2, 0.25) is 0 Å². The zero-order valence-electron chi connectivity index (χ0n) is 9.52. The lowest BCUT2D eigenvalue weighted by Crippen LogP contribution is -1.81. The number of nitrogen functional groups attached to an aromatic ring is 1. The number of nitrogens with two attached hydrogens (primary N) is 1. The van der Waals surface area contributed by atoms with Crippen molar-refractivity contribution in [2.45, 2.75) is 13.8 Å². The van der Waals surface area contributed by atoms with Crippen LogP contribution in [-0.2, 0) is 0 Å². The van der Waals surface area contributed by atoms with Gasteiger partial charge in [-0.2, -0.15) is 0 Å². The summed E-state index contributed by atoms with van der Waals surface area (Å²) >= 11 is 3.24. The van der Waals surface area contributed by atoms with Crippen LogP contribution in [0.4, 0.5) is 5.13 Å². The summed E-state index contributed by atoms with van der Waals surface area (Å²) < 4.78 is 1.12. The smallest absolute Gasteiger partial charge is 0.181 e. The first-order valence-corrected chi connectivity index (χ1v) is 6.87. The Labute approximate surface area is 107 Å². The number of anilines is 1. The highest BCUT2D eigenvalue weighted by Crippen LogP contribution is 2.32. The summed E-state index contributed by atoms with van der Waals surface area (Å²) in [5.74, 6) is 0. The van der Waals surface area contributed by atoms with Gasteiger partial charge in [0.1, 0.15) is 0 Å². The molecule has 0 unspecified atom stereocenters. The minimum atomic E-state index is 0.614. The molecule has 0 bridgehead atoms. The molecule has 3 rings (SSSR count). The standard InChI is InChI=1S/C12H11N3S2/c1-6-11(14-7(2)16-6)8-3-4-9-10(5-8)17-12(13)15-9/h3-5H,1-2H3,(H2,13,15). The molecule has 2 N–H and O–H groups in total. The number of rotatable bonds is 1. The SMILES string of the molecule is Cc1nc(-c2ccc3nc(N)sc3c2)c(C)s1. The van der Waals surface area contributed by atoms with Crippen LogP contribution in [0.5, 0.6) is 0 Å². The molecule has 0 amide bonds. The fourth-order valence-corrected chi connectivity index (χ4v) is 3.50. The number of hydrogen-bond donors (Lipinski definition) is 1. The maximum atomic E-state index is 5.71. The maximum Gasteiger partial charge on any atom is 0.181 e. The van der Waals surface area contributed by atoms with E-state index in [-0.39, 0.29) is 0 Å². The van der Waals surface area contributed by atoms with Crippen LogP contribution in [0.2, 0.25) is 0 Å². The second-order valence-electron chi connectivity index (χ2n) is 3.87. The first-order chi connectivity index (χ1) is 8.13. The quantitative estimate of drug-likeness (QED) is 0.728. The minimum absolute atomic E-state index is 0.614. The van der Waals surface area contributed by atoms with E-state index in [1.54, 1.807) is 11.3 Å². The van der Waals surface area contributed by atoms with Crippen molar-refractivity contribution < 1.29 is 0 Å². The molecule has 0 aliphatic carbocycles. The van der Waals surface area contributed by atoms with Crippen molar-refractivity contribution in [3.8, 4) is 11.3 Å². The van der Waals surface area contributed by atoms with Gasteiger partial charge < -0.3 is 5.73 Å². The summed E-state index contributed by atoms with van der Waals surface area (Å²) in [7, 11) is 0. The third-order valence-corrected chi connectivity index (χ3v) is 4.32. The molecule has 0 saturated heterocycles. The first-order valence-electron chi connectivity index (χ1n) is 5.24. The second kappa shape index (κ2) is 3.78. The summed E-state index contributed by atoms with van der Waals surface area (Å²) in [5, 5.41) is 1.71. The molecule has 2 aromatic heterocycles. The number of thiazole rings is 2. The van der Waals surface area contributed by atoms with Crippen LogP contribution >= 0.6 is 22.7 Å². The molecule has 0 aliphatic heterocycles. The number of nitrogens with zero attached hydrogens (tertiary/aromatic N) is 2. The van der Waals surface area contributed by atoms with Crippen molar-refractivity contribution in [3.05, 3.63) is 28.1 Å². The zero-order valence-corrected chi connectivity index (χ0v) is 11.2. The topological polar surface area (TPSA) is 51.8 Å². The summed E-state index contributed by atoms with van der Waals surface area (Å²) in [4.78, 5) is 10.1. The highest BCUT2D eigenvalue weighted by Gasteiger charge is 2.09. The summed E-state index contributed by atoms with van der Waals surface area (Å²) in [6.45, 7) is 4.13. The molecule has 3 aromatic rings. The molecule has 0 saturated carbocycles. The van der Waals surface area contributed by atoms with Crippen molar-refractivity contribution in [3.63, 3.8) is 0 Å². The molecule has 86 valence electrons. The predicted molar refractivity (Wildman–Crippen MR) is 74.6 cm³/mol. The monoisotopic (exact) mass is 261 g/mol. The van der Waals surface area contributed by atoms with Gasteiger partial charge in [0.15, 0.2) is 5.13 Å². The molecule has 2 heterocycles. The van der Waals surface area contributed by atoms with Crippen LogP contribution in [0.15, 0.2) is 18.2 Å². The van der Waals surface area contributed by atoms with Crippen LogP contribution in [0.3, 0.4) is 0 Å². The van der Waals surface area contributed by atoms with Gasteiger partial charge >= 0.3 is 0 Å². The summed E-state index contributed by atoms with van der Waals surface area (Å²) in [6.07, 6.45) is 0. The van der Waals surface area contributed by atoms with Crippen LogP contribution in [0.25, 0.3) is 21.5 Å². The van der Waals surface area contributed by atoms with Crippen LogP contribution < -0.4 is 5.73 Å². The Bertz CT molecular complexity index is 697. The van der Waals surface area contributed by atoms with Gasteiger partial charge in [-0.05, 0) is 26.0 Å². The lowest BCUT2D eigenvalue weighted by atomic mass is 10.1. The molecule has 3 nitrogen and oxygen atoms in total. The van der Waals surface area contributed by atoms with E-state index in [0.29, 0.717) is 5.13 Å². The van der Waals surface area contributed by atoms with Crippen LogP contribution in [-0.4, -0.2) is 9.97 Å². The van der Waals surface area contributed by atoms with Gasteiger partial charge in [-0.15, -0.1) is 11.3 Å². The predicted octanol–water partition coefficient (Wildman–Crippen LogP) is 3.62. The Morgan fingerprint density at radius 1 is 1.12 bits per heavy atom. The van der Waals surface area contributed by atoms with Crippen LogP contribution in [0, 0.1) is 13.8 Å². The normalized spacial score (nSPS) is 11.2. The van der Waals surface area contributed by atoms with Gasteiger partial charge in [0, 0.05) is 10.4 Å². The van der Waals surface area contributed by atoms with Crippen molar-refractivity contribution in [2.75, 3.05) is 5.73 Å². The molecule has 0 atom stereocenters. The zero-order chi connectivity index (χ0) is 12.0. The number of aryl methyl sites for hydroxylation is 2. The van der Waals surface area contributed by atoms with E-state index in [1.807, 2.05) is 13.0 Å². The van der Waals surface area contributed by atoms with Crippen LogP contribution in [0.1, 0.15) is 9.88 Å². The largest absolute Gasteiger partial charge is 0.375 e.